The Hall–Kier alpha value is -1.83. The van der Waals surface area contributed by atoms with Crippen molar-refractivity contribution >= 4 is 15.8 Å². The van der Waals surface area contributed by atoms with Gasteiger partial charge in [-0.25, -0.2) is 4.98 Å². The van der Waals surface area contributed by atoms with E-state index in [0.717, 1.165) is 18.5 Å². The van der Waals surface area contributed by atoms with Crippen molar-refractivity contribution in [3.8, 4) is 0 Å². The lowest BCUT2D eigenvalue weighted by Gasteiger charge is -2.00. The summed E-state index contributed by atoms with van der Waals surface area (Å²) in [5.41, 5.74) is 0.899. The molecule has 0 aliphatic heterocycles. The van der Waals surface area contributed by atoms with Gasteiger partial charge in [-0.15, -0.1) is 0 Å². The third-order valence-electron chi connectivity index (χ3n) is 2.35. The van der Waals surface area contributed by atoms with Crippen LogP contribution in [0.3, 0.4) is 0 Å². The fourth-order valence-corrected chi connectivity index (χ4v) is 2.50. The van der Waals surface area contributed by atoms with Crippen molar-refractivity contribution in [2.75, 3.05) is 4.72 Å². The average Bonchev–Trinajstić information content (AvgIpc) is 2.88. The van der Waals surface area contributed by atoms with Crippen molar-refractivity contribution < 1.29 is 8.42 Å². The molecule has 2 aromatic rings. The Balaban J connectivity index is 2.17. The first-order valence-corrected chi connectivity index (χ1v) is 7.04. The van der Waals surface area contributed by atoms with Crippen LogP contribution in [0.2, 0.25) is 0 Å². The van der Waals surface area contributed by atoms with Crippen LogP contribution < -0.4 is 4.72 Å². The number of rotatable bonds is 5. The second-order valence-corrected chi connectivity index (χ2v) is 5.64. The highest BCUT2D eigenvalue weighted by Crippen LogP contribution is 2.13. The molecule has 0 amide bonds. The molecule has 0 aliphatic rings. The molecular weight excluding hydrogens is 254 g/mol. The van der Waals surface area contributed by atoms with Crippen LogP contribution in [-0.4, -0.2) is 28.2 Å². The standard InChI is InChI=1S/C10H15N5O2S/c1-3-4-8-5-9(13-12-8)14-18(16,17)10-6-15(2)7-11-10/h5-7H,3-4H2,1-2H3,(H2,12,13,14). The molecule has 0 unspecified atom stereocenters. The van der Waals surface area contributed by atoms with E-state index in [-0.39, 0.29) is 10.8 Å². The molecule has 18 heavy (non-hydrogen) atoms. The maximum absolute atomic E-state index is 11.9. The summed E-state index contributed by atoms with van der Waals surface area (Å²) in [4.78, 5) is 3.80. The SMILES string of the molecule is CCCc1cc(NS(=O)(=O)c2cn(C)cn2)n[nH]1. The fourth-order valence-electron chi connectivity index (χ4n) is 1.53. The van der Waals surface area contributed by atoms with Crippen molar-refractivity contribution in [3.05, 3.63) is 24.3 Å². The van der Waals surface area contributed by atoms with Gasteiger partial charge in [0.2, 0.25) is 0 Å². The fraction of sp³-hybridized carbons (Fsp3) is 0.400. The third-order valence-corrected chi connectivity index (χ3v) is 3.59. The number of nitrogens with zero attached hydrogens (tertiary/aromatic N) is 3. The Morgan fingerprint density at radius 1 is 1.50 bits per heavy atom. The molecule has 0 saturated heterocycles. The van der Waals surface area contributed by atoms with Gasteiger partial charge < -0.3 is 4.57 Å². The van der Waals surface area contributed by atoms with Gasteiger partial charge >= 0.3 is 0 Å². The summed E-state index contributed by atoms with van der Waals surface area (Å²) in [6.07, 6.45) is 4.66. The van der Waals surface area contributed by atoms with Gasteiger partial charge in [0, 0.05) is 25.0 Å². The monoisotopic (exact) mass is 269 g/mol. The van der Waals surface area contributed by atoms with Gasteiger partial charge in [-0.05, 0) is 6.42 Å². The summed E-state index contributed by atoms with van der Waals surface area (Å²) in [6.45, 7) is 2.04. The van der Waals surface area contributed by atoms with Crippen LogP contribution in [0.5, 0.6) is 0 Å². The lowest BCUT2D eigenvalue weighted by atomic mass is 10.2. The van der Waals surface area contributed by atoms with Crippen LogP contribution in [-0.2, 0) is 23.5 Å². The Bertz CT molecular complexity index is 628. The lowest BCUT2D eigenvalue weighted by molar-refractivity contribution is 0.598. The molecule has 0 radical (unpaired) electrons. The minimum atomic E-state index is -3.66. The molecule has 2 heterocycles. The first kappa shape index (κ1) is 12.6. The van der Waals surface area contributed by atoms with Gasteiger partial charge in [0.25, 0.3) is 10.0 Å². The number of sulfonamides is 1. The number of H-pyrrole nitrogens is 1. The third kappa shape index (κ3) is 2.70. The molecule has 0 aromatic carbocycles. The predicted octanol–water partition coefficient (Wildman–Crippen LogP) is 0.896. The molecule has 8 heteroatoms. The van der Waals surface area contributed by atoms with Gasteiger partial charge in [-0.2, -0.15) is 13.5 Å². The van der Waals surface area contributed by atoms with E-state index >= 15 is 0 Å². The highest BCUT2D eigenvalue weighted by atomic mass is 32.2. The molecule has 2 aromatic heterocycles. The zero-order valence-corrected chi connectivity index (χ0v) is 11.0. The predicted molar refractivity (Wildman–Crippen MR) is 66.6 cm³/mol. The van der Waals surface area contributed by atoms with Gasteiger partial charge in [0.1, 0.15) is 0 Å². The molecule has 98 valence electrons. The molecule has 7 nitrogen and oxygen atoms in total. The number of imidazole rings is 1. The molecule has 0 atom stereocenters. The van der Waals surface area contributed by atoms with Crippen LogP contribution in [0.4, 0.5) is 5.82 Å². The molecular formula is C10H15N5O2S. The first-order chi connectivity index (χ1) is 8.51. The van der Waals surface area contributed by atoms with Gasteiger partial charge in [0.05, 0.1) is 6.33 Å². The minimum Gasteiger partial charge on any atom is -0.339 e. The summed E-state index contributed by atoms with van der Waals surface area (Å²) in [5.74, 6) is 0.282. The highest BCUT2D eigenvalue weighted by Gasteiger charge is 2.18. The quantitative estimate of drug-likeness (QED) is 0.843. The number of aromatic nitrogens is 4. The van der Waals surface area contributed by atoms with Crippen molar-refractivity contribution in [2.45, 2.75) is 24.8 Å². The summed E-state index contributed by atoms with van der Waals surface area (Å²) in [7, 11) is -1.95. The van der Waals surface area contributed by atoms with Crippen LogP contribution in [0.1, 0.15) is 19.0 Å². The minimum absolute atomic E-state index is 0.0231. The van der Waals surface area contributed by atoms with E-state index in [1.165, 1.54) is 12.5 Å². The van der Waals surface area contributed by atoms with Gasteiger partial charge in [0.15, 0.2) is 10.8 Å². The van der Waals surface area contributed by atoms with Crippen LogP contribution in [0.15, 0.2) is 23.6 Å². The Kier molecular flexibility index (Phi) is 3.37. The Labute approximate surface area is 105 Å². The number of aromatic amines is 1. The number of aryl methyl sites for hydroxylation is 2. The largest absolute Gasteiger partial charge is 0.339 e. The van der Waals surface area contributed by atoms with Crippen LogP contribution in [0, 0.1) is 0 Å². The molecule has 0 fully saturated rings. The Morgan fingerprint density at radius 2 is 2.28 bits per heavy atom. The molecule has 2 rings (SSSR count). The van der Waals surface area contributed by atoms with Gasteiger partial charge in [-0.1, -0.05) is 13.3 Å². The van der Waals surface area contributed by atoms with Crippen molar-refractivity contribution in [1.82, 2.24) is 19.7 Å². The summed E-state index contributed by atoms with van der Waals surface area (Å²) in [6, 6.07) is 1.68. The zero-order valence-electron chi connectivity index (χ0n) is 10.2. The summed E-state index contributed by atoms with van der Waals surface area (Å²) >= 11 is 0. The van der Waals surface area contributed by atoms with Crippen LogP contribution in [0.25, 0.3) is 0 Å². The van der Waals surface area contributed by atoms with E-state index in [4.69, 9.17) is 0 Å². The maximum Gasteiger partial charge on any atom is 0.282 e. The second kappa shape index (κ2) is 4.81. The smallest absolute Gasteiger partial charge is 0.282 e. The normalized spacial score (nSPS) is 11.7. The van der Waals surface area contributed by atoms with Crippen LogP contribution >= 0.6 is 0 Å². The summed E-state index contributed by atoms with van der Waals surface area (Å²) in [5, 5.41) is 6.66. The number of anilines is 1. The van der Waals surface area contributed by atoms with E-state index < -0.39 is 10.0 Å². The number of nitrogens with one attached hydrogen (secondary N) is 2. The molecule has 0 bridgehead atoms. The van der Waals surface area contributed by atoms with E-state index in [0.29, 0.717) is 0 Å². The molecule has 0 saturated carbocycles. The Morgan fingerprint density at radius 3 is 2.89 bits per heavy atom. The lowest BCUT2D eigenvalue weighted by Crippen LogP contribution is -2.13. The van der Waals surface area contributed by atoms with E-state index in [9.17, 15) is 8.42 Å². The molecule has 2 N–H and O–H groups in total. The average molecular weight is 269 g/mol. The molecule has 0 spiro atoms. The zero-order chi connectivity index (χ0) is 13.2. The van der Waals surface area contributed by atoms with Crippen molar-refractivity contribution in [3.63, 3.8) is 0 Å². The van der Waals surface area contributed by atoms with E-state index in [1.807, 2.05) is 6.92 Å². The van der Waals surface area contributed by atoms with Gasteiger partial charge in [-0.3, -0.25) is 9.82 Å². The number of hydrogen-bond acceptors (Lipinski definition) is 4. The van der Waals surface area contributed by atoms with E-state index in [1.54, 1.807) is 17.7 Å². The van der Waals surface area contributed by atoms with E-state index in [2.05, 4.69) is 19.9 Å². The summed E-state index contributed by atoms with van der Waals surface area (Å²) < 4.78 is 27.8. The second-order valence-electron chi connectivity index (χ2n) is 4.01. The van der Waals surface area contributed by atoms with Crippen molar-refractivity contribution in [2.24, 2.45) is 7.05 Å². The highest BCUT2D eigenvalue weighted by molar-refractivity contribution is 7.92. The maximum atomic E-state index is 11.9. The van der Waals surface area contributed by atoms with Crippen molar-refractivity contribution in [1.29, 1.82) is 0 Å². The number of hydrogen-bond donors (Lipinski definition) is 2. The first-order valence-electron chi connectivity index (χ1n) is 5.56. The molecule has 0 aliphatic carbocycles. The topological polar surface area (TPSA) is 92.7 Å².